The molecule has 1 nitrogen and oxygen atoms in total. The van der Waals surface area contributed by atoms with E-state index in [1.165, 1.54) is 64.2 Å². The molecule has 0 amide bonds. The highest BCUT2D eigenvalue weighted by molar-refractivity contribution is 4.86. The van der Waals surface area contributed by atoms with Crippen LogP contribution in [0.2, 0.25) is 0 Å². The van der Waals surface area contributed by atoms with Crippen LogP contribution < -0.4 is 5.73 Å². The fraction of sp³-hybridized carbons (Fsp3) is 1.00. The summed E-state index contributed by atoms with van der Waals surface area (Å²) >= 11 is 0. The van der Waals surface area contributed by atoms with Gasteiger partial charge in [0.15, 0.2) is 0 Å². The van der Waals surface area contributed by atoms with Crippen LogP contribution in [0, 0.1) is 11.3 Å². The van der Waals surface area contributed by atoms with Crippen LogP contribution in [0.5, 0.6) is 0 Å². The summed E-state index contributed by atoms with van der Waals surface area (Å²) in [5, 5.41) is 0. The lowest BCUT2D eigenvalue weighted by molar-refractivity contribution is 0.136. The van der Waals surface area contributed by atoms with Crippen molar-refractivity contribution in [1.82, 2.24) is 0 Å². The van der Waals surface area contributed by atoms with Crippen molar-refractivity contribution in [2.75, 3.05) is 6.54 Å². The maximum Gasteiger partial charge on any atom is -0.00205 e. The predicted molar refractivity (Wildman–Crippen MR) is 72.5 cm³/mol. The number of rotatable bonds is 7. The average molecular weight is 225 g/mol. The van der Waals surface area contributed by atoms with E-state index in [2.05, 4.69) is 13.8 Å². The molecule has 0 saturated heterocycles. The van der Waals surface area contributed by atoms with Crippen molar-refractivity contribution in [2.45, 2.75) is 78.1 Å². The van der Waals surface area contributed by atoms with E-state index in [0.717, 1.165) is 12.5 Å². The summed E-state index contributed by atoms with van der Waals surface area (Å²) < 4.78 is 0. The first-order valence-corrected chi connectivity index (χ1v) is 7.46. The van der Waals surface area contributed by atoms with Gasteiger partial charge in [-0.1, -0.05) is 46.0 Å². The molecular weight excluding hydrogens is 194 g/mol. The lowest BCUT2D eigenvalue weighted by Crippen LogP contribution is -2.34. The summed E-state index contributed by atoms with van der Waals surface area (Å²) in [5.74, 6) is 1.02. The van der Waals surface area contributed by atoms with Crippen molar-refractivity contribution >= 4 is 0 Å². The lowest BCUT2D eigenvalue weighted by Gasteiger charge is -2.39. The van der Waals surface area contributed by atoms with Crippen LogP contribution in [0.1, 0.15) is 78.1 Å². The fourth-order valence-corrected chi connectivity index (χ4v) is 3.18. The van der Waals surface area contributed by atoms with Gasteiger partial charge in [-0.15, -0.1) is 0 Å². The van der Waals surface area contributed by atoms with Gasteiger partial charge in [-0.3, -0.25) is 0 Å². The van der Waals surface area contributed by atoms with E-state index < -0.39 is 0 Å². The van der Waals surface area contributed by atoms with Crippen LogP contribution in [0.4, 0.5) is 0 Å². The van der Waals surface area contributed by atoms with E-state index >= 15 is 0 Å². The molecule has 0 aromatic rings. The Morgan fingerprint density at radius 1 is 1.06 bits per heavy atom. The Morgan fingerprint density at radius 3 is 2.19 bits per heavy atom. The topological polar surface area (TPSA) is 26.0 Å². The van der Waals surface area contributed by atoms with E-state index in [1.807, 2.05) is 0 Å². The summed E-state index contributed by atoms with van der Waals surface area (Å²) in [6, 6.07) is 0. The molecular formula is C15H31N. The molecule has 1 saturated carbocycles. The standard InChI is InChI=1S/C15H31N/c1-3-5-7-14-8-11-15(13-16,12-9-14)10-6-4-2/h14H,3-13,16H2,1-2H3. The van der Waals surface area contributed by atoms with Crippen molar-refractivity contribution in [3.05, 3.63) is 0 Å². The molecule has 0 spiro atoms. The molecule has 0 bridgehead atoms. The molecule has 0 aliphatic heterocycles. The minimum atomic E-state index is 0.527. The summed E-state index contributed by atoms with van der Waals surface area (Å²) in [6.07, 6.45) is 14.0. The van der Waals surface area contributed by atoms with Gasteiger partial charge in [0.2, 0.25) is 0 Å². The SMILES string of the molecule is CCCCC1CCC(CN)(CCCC)CC1. The van der Waals surface area contributed by atoms with Crippen LogP contribution in [0.25, 0.3) is 0 Å². The summed E-state index contributed by atoms with van der Waals surface area (Å²) in [4.78, 5) is 0. The maximum absolute atomic E-state index is 6.02. The Labute approximate surface area is 102 Å². The van der Waals surface area contributed by atoms with E-state index in [1.54, 1.807) is 0 Å². The number of nitrogens with two attached hydrogens (primary N) is 1. The minimum absolute atomic E-state index is 0.527. The molecule has 1 aliphatic rings. The Balaban J connectivity index is 2.31. The quantitative estimate of drug-likeness (QED) is 0.678. The zero-order valence-corrected chi connectivity index (χ0v) is 11.4. The molecule has 0 aromatic heterocycles. The van der Waals surface area contributed by atoms with Crippen molar-refractivity contribution in [3.8, 4) is 0 Å². The first-order chi connectivity index (χ1) is 7.76. The Kier molecular flexibility index (Phi) is 6.41. The second-order valence-corrected chi connectivity index (χ2v) is 5.89. The van der Waals surface area contributed by atoms with Gasteiger partial charge in [0.25, 0.3) is 0 Å². The van der Waals surface area contributed by atoms with Gasteiger partial charge in [-0.25, -0.2) is 0 Å². The highest BCUT2D eigenvalue weighted by Crippen LogP contribution is 2.43. The first kappa shape index (κ1) is 14.0. The lowest BCUT2D eigenvalue weighted by atomic mass is 9.67. The van der Waals surface area contributed by atoms with Gasteiger partial charge in [-0.05, 0) is 50.0 Å². The van der Waals surface area contributed by atoms with Crippen LogP contribution in [0.3, 0.4) is 0 Å². The number of hydrogen-bond acceptors (Lipinski definition) is 1. The van der Waals surface area contributed by atoms with E-state index in [4.69, 9.17) is 5.73 Å². The van der Waals surface area contributed by atoms with E-state index in [-0.39, 0.29) is 0 Å². The van der Waals surface area contributed by atoms with Gasteiger partial charge in [0.05, 0.1) is 0 Å². The number of unbranched alkanes of at least 4 members (excludes halogenated alkanes) is 2. The van der Waals surface area contributed by atoms with Crippen molar-refractivity contribution in [1.29, 1.82) is 0 Å². The third-order valence-corrected chi connectivity index (χ3v) is 4.63. The summed E-state index contributed by atoms with van der Waals surface area (Å²) in [5.41, 5.74) is 6.55. The zero-order chi connectivity index (χ0) is 11.9. The molecule has 1 fully saturated rings. The van der Waals surface area contributed by atoms with Crippen LogP contribution in [-0.4, -0.2) is 6.54 Å². The molecule has 0 radical (unpaired) electrons. The van der Waals surface area contributed by atoms with Gasteiger partial charge < -0.3 is 5.73 Å². The smallest absolute Gasteiger partial charge is 0.00205 e. The molecule has 1 rings (SSSR count). The van der Waals surface area contributed by atoms with Gasteiger partial charge in [-0.2, -0.15) is 0 Å². The highest BCUT2D eigenvalue weighted by Gasteiger charge is 2.33. The normalized spacial score (nSPS) is 30.6. The average Bonchev–Trinajstić information content (AvgIpc) is 2.35. The van der Waals surface area contributed by atoms with Crippen LogP contribution in [0.15, 0.2) is 0 Å². The minimum Gasteiger partial charge on any atom is -0.330 e. The predicted octanol–water partition coefficient (Wildman–Crippen LogP) is 4.50. The van der Waals surface area contributed by atoms with E-state index in [9.17, 15) is 0 Å². The number of hydrogen-bond donors (Lipinski definition) is 1. The molecule has 0 unspecified atom stereocenters. The maximum atomic E-state index is 6.02. The Bertz CT molecular complexity index is 168. The molecule has 2 N–H and O–H groups in total. The summed E-state index contributed by atoms with van der Waals surface area (Å²) in [7, 11) is 0. The molecule has 0 aromatic carbocycles. The van der Waals surface area contributed by atoms with Crippen molar-refractivity contribution in [3.63, 3.8) is 0 Å². The van der Waals surface area contributed by atoms with Gasteiger partial charge in [0, 0.05) is 0 Å². The monoisotopic (exact) mass is 225 g/mol. The molecule has 0 heterocycles. The fourth-order valence-electron chi connectivity index (χ4n) is 3.18. The zero-order valence-electron chi connectivity index (χ0n) is 11.4. The van der Waals surface area contributed by atoms with E-state index in [0.29, 0.717) is 5.41 Å². The highest BCUT2D eigenvalue weighted by atomic mass is 14.6. The van der Waals surface area contributed by atoms with Crippen LogP contribution >= 0.6 is 0 Å². The second-order valence-electron chi connectivity index (χ2n) is 5.89. The Morgan fingerprint density at radius 2 is 1.69 bits per heavy atom. The first-order valence-electron chi connectivity index (χ1n) is 7.46. The van der Waals surface area contributed by atoms with Crippen molar-refractivity contribution in [2.24, 2.45) is 17.1 Å². The molecule has 16 heavy (non-hydrogen) atoms. The largest absolute Gasteiger partial charge is 0.330 e. The molecule has 0 atom stereocenters. The molecule has 1 aliphatic carbocycles. The van der Waals surface area contributed by atoms with Gasteiger partial charge >= 0.3 is 0 Å². The third kappa shape index (κ3) is 4.08. The third-order valence-electron chi connectivity index (χ3n) is 4.63. The molecule has 1 heteroatoms. The summed E-state index contributed by atoms with van der Waals surface area (Å²) in [6.45, 7) is 5.51. The van der Waals surface area contributed by atoms with Gasteiger partial charge in [0.1, 0.15) is 0 Å². The molecule has 96 valence electrons. The van der Waals surface area contributed by atoms with Crippen molar-refractivity contribution < 1.29 is 0 Å². The Hall–Kier alpha value is -0.0400. The van der Waals surface area contributed by atoms with Crippen LogP contribution in [-0.2, 0) is 0 Å². The second kappa shape index (κ2) is 7.32.